The van der Waals surface area contributed by atoms with Gasteiger partial charge in [0.25, 0.3) is 5.91 Å². The van der Waals surface area contributed by atoms with Gasteiger partial charge in [-0.15, -0.1) is 0 Å². The molecule has 0 spiro atoms. The molecule has 3 nitrogen and oxygen atoms in total. The highest BCUT2D eigenvalue weighted by Gasteiger charge is 2.45. The maximum absolute atomic E-state index is 13.2. The first-order valence-corrected chi connectivity index (χ1v) is 5.26. The lowest BCUT2D eigenvalue weighted by molar-refractivity contribution is -0.143. The Morgan fingerprint density at radius 3 is 2.69 bits per heavy atom. The molecular formula is C11H11ClFNO2. The quantitative estimate of drug-likeness (QED) is 0.813. The Kier molecular flexibility index (Phi) is 2.64. The zero-order chi connectivity index (χ0) is 11.9. The number of carbonyl (C=O) groups excluding carboxylic acids is 1. The van der Waals surface area contributed by atoms with Gasteiger partial charge in [0.1, 0.15) is 5.82 Å². The molecule has 0 aromatic heterocycles. The van der Waals surface area contributed by atoms with Crippen molar-refractivity contribution in [3.8, 4) is 0 Å². The second-order valence-corrected chi connectivity index (χ2v) is 4.43. The smallest absolute Gasteiger partial charge is 0.258 e. The van der Waals surface area contributed by atoms with Crippen LogP contribution in [0.3, 0.4) is 0 Å². The molecule has 16 heavy (non-hydrogen) atoms. The molecular weight excluding hydrogens is 233 g/mol. The second-order valence-electron chi connectivity index (χ2n) is 4.00. The monoisotopic (exact) mass is 243 g/mol. The molecule has 1 aliphatic rings. The van der Waals surface area contributed by atoms with Crippen LogP contribution in [0.5, 0.6) is 0 Å². The third kappa shape index (κ3) is 1.68. The van der Waals surface area contributed by atoms with E-state index in [9.17, 15) is 14.3 Å². The number of likely N-dealkylation sites (N-methyl/N-ethyl adjacent to an activating group) is 1. The van der Waals surface area contributed by atoms with Crippen LogP contribution in [-0.2, 0) is 10.4 Å². The van der Waals surface area contributed by atoms with Crippen LogP contribution in [0.1, 0.15) is 12.0 Å². The van der Waals surface area contributed by atoms with E-state index in [1.54, 1.807) is 7.05 Å². The summed E-state index contributed by atoms with van der Waals surface area (Å²) in [4.78, 5) is 13.2. The molecule has 1 saturated heterocycles. The molecule has 1 fully saturated rings. The van der Waals surface area contributed by atoms with E-state index in [1.165, 1.54) is 11.0 Å². The molecule has 0 radical (unpaired) electrons. The van der Waals surface area contributed by atoms with Crippen molar-refractivity contribution in [2.24, 2.45) is 0 Å². The number of hydrogen-bond donors (Lipinski definition) is 1. The standard InChI is InChI=1S/C11H11ClFNO2/c1-14-3-2-11(16,10(14)15)7-4-8(12)6-9(13)5-7/h4-6,16H,2-3H2,1H3/t11-/m0/s1. The minimum atomic E-state index is -1.64. The van der Waals surface area contributed by atoms with E-state index in [0.29, 0.717) is 6.54 Å². The number of nitrogens with zero attached hydrogens (tertiary/aromatic N) is 1. The first-order chi connectivity index (χ1) is 7.43. The van der Waals surface area contributed by atoms with Crippen molar-refractivity contribution in [3.05, 3.63) is 34.6 Å². The van der Waals surface area contributed by atoms with Gasteiger partial charge in [-0.2, -0.15) is 0 Å². The van der Waals surface area contributed by atoms with Gasteiger partial charge in [-0.1, -0.05) is 11.6 Å². The van der Waals surface area contributed by atoms with Crippen molar-refractivity contribution in [1.29, 1.82) is 0 Å². The molecule has 1 heterocycles. The molecule has 1 aliphatic heterocycles. The van der Waals surface area contributed by atoms with Crippen LogP contribution >= 0.6 is 11.6 Å². The summed E-state index contributed by atoms with van der Waals surface area (Å²) in [7, 11) is 1.60. The lowest BCUT2D eigenvalue weighted by atomic mass is 9.92. The molecule has 5 heteroatoms. The van der Waals surface area contributed by atoms with Crippen LogP contribution in [0, 0.1) is 5.82 Å². The third-order valence-corrected chi connectivity index (χ3v) is 3.07. The van der Waals surface area contributed by atoms with Gasteiger partial charge in [-0.25, -0.2) is 4.39 Å². The molecule has 1 atom stereocenters. The summed E-state index contributed by atoms with van der Waals surface area (Å²) in [6, 6.07) is 3.70. The Labute approximate surface area is 97.4 Å². The summed E-state index contributed by atoms with van der Waals surface area (Å²) in [5.41, 5.74) is -1.42. The first kappa shape index (κ1) is 11.4. The van der Waals surface area contributed by atoms with Crippen molar-refractivity contribution in [1.82, 2.24) is 4.90 Å². The van der Waals surface area contributed by atoms with Gasteiger partial charge in [0.15, 0.2) is 5.60 Å². The molecule has 1 amide bonds. The summed E-state index contributed by atoms with van der Waals surface area (Å²) in [5.74, 6) is -0.979. The normalized spacial score (nSPS) is 25.2. The Bertz CT molecular complexity index is 431. The molecule has 1 N–H and O–H groups in total. The first-order valence-electron chi connectivity index (χ1n) is 4.88. The van der Waals surface area contributed by atoms with E-state index >= 15 is 0 Å². The average molecular weight is 244 g/mol. The van der Waals surface area contributed by atoms with Gasteiger partial charge in [0, 0.05) is 25.0 Å². The van der Waals surface area contributed by atoms with Crippen molar-refractivity contribution in [3.63, 3.8) is 0 Å². The molecule has 1 aromatic carbocycles. The minimum absolute atomic E-state index is 0.172. The van der Waals surface area contributed by atoms with Crippen molar-refractivity contribution in [2.45, 2.75) is 12.0 Å². The SMILES string of the molecule is CN1CC[C@](O)(c2cc(F)cc(Cl)c2)C1=O. The van der Waals surface area contributed by atoms with Gasteiger partial charge in [0.2, 0.25) is 0 Å². The summed E-state index contributed by atoms with van der Waals surface area (Å²) in [5, 5.41) is 10.4. The Morgan fingerprint density at radius 1 is 1.50 bits per heavy atom. The summed E-state index contributed by atoms with van der Waals surface area (Å²) < 4.78 is 13.2. The lowest BCUT2D eigenvalue weighted by Gasteiger charge is -2.21. The van der Waals surface area contributed by atoms with Gasteiger partial charge in [-0.3, -0.25) is 4.79 Å². The summed E-state index contributed by atoms with van der Waals surface area (Å²) in [6.07, 6.45) is 0.252. The lowest BCUT2D eigenvalue weighted by Crippen LogP contribution is -2.36. The van der Waals surface area contributed by atoms with Crippen LogP contribution in [0.15, 0.2) is 18.2 Å². The number of likely N-dealkylation sites (tertiary alicyclic amines) is 1. The van der Waals surface area contributed by atoms with Crippen LogP contribution in [-0.4, -0.2) is 29.5 Å². The number of amides is 1. The van der Waals surface area contributed by atoms with Crippen LogP contribution in [0.25, 0.3) is 0 Å². The number of halogens is 2. The fourth-order valence-electron chi connectivity index (χ4n) is 1.91. The van der Waals surface area contributed by atoms with Crippen LogP contribution in [0.4, 0.5) is 4.39 Å². The minimum Gasteiger partial charge on any atom is -0.375 e. The number of carbonyl (C=O) groups is 1. The summed E-state index contributed by atoms with van der Waals surface area (Å²) in [6.45, 7) is 0.448. The zero-order valence-corrected chi connectivity index (χ0v) is 9.46. The number of aliphatic hydroxyl groups is 1. The molecule has 86 valence electrons. The fraction of sp³-hybridized carbons (Fsp3) is 0.364. The molecule has 2 rings (SSSR count). The predicted octanol–water partition coefficient (Wildman–Crippen LogP) is 1.53. The largest absolute Gasteiger partial charge is 0.375 e. The van der Waals surface area contributed by atoms with Crippen molar-refractivity contribution < 1.29 is 14.3 Å². The topological polar surface area (TPSA) is 40.5 Å². The fourth-order valence-corrected chi connectivity index (χ4v) is 2.14. The number of benzene rings is 1. The Balaban J connectivity index is 2.47. The van der Waals surface area contributed by atoms with Gasteiger partial charge >= 0.3 is 0 Å². The van der Waals surface area contributed by atoms with E-state index in [1.807, 2.05) is 0 Å². The van der Waals surface area contributed by atoms with E-state index < -0.39 is 17.3 Å². The van der Waals surface area contributed by atoms with Crippen LogP contribution < -0.4 is 0 Å². The van der Waals surface area contributed by atoms with Crippen LogP contribution in [0.2, 0.25) is 5.02 Å². The van der Waals surface area contributed by atoms with Crippen molar-refractivity contribution in [2.75, 3.05) is 13.6 Å². The highest BCUT2D eigenvalue weighted by molar-refractivity contribution is 6.30. The number of rotatable bonds is 1. The van der Waals surface area contributed by atoms with Gasteiger partial charge in [0.05, 0.1) is 0 Å². The molecule has 0 bridgehead atoms. The number of hydrogen-bond acceptors (Lipinski definition) is 2. The van der Waals surface area contributed by atoms with E-state index in [4.69, 9.17) is 11.6 Å². The Morgan fingerprint density at radius 2 is 2.19 bits per heavy atom. The molecule has 0 saturated carbocycles. The van der Waals surface area contributed by atoms with E-state index in [0.717, 1.165) is 12.1 Å². The highest BCUT2D eigenvalue weighted by atomic mass is 35.5. The van der Waals surface area contributed by atoms with E-state index in [-0.39, 0.29) is 17.0 Å². The van der Waals surface area contributed by atoms with Gasteiger partial charge < -0.3 is 10.0 Å². The molecule has 0 unspecified atom stereocenters. The van der Waals surface area contributed by atoms with Gasteiger partial charge in [-0.05, 0) is 23.8 Å². The molecule has 1 aromatic rings. The molecule has 0 aliphatic carbocycles. The van der Waals surface area contributed by atoms with Crippen molar-refractivity contribution >= 4 is 17.5 Å². The zero-order valence-electron chi connectivity index (χ0n) is 8.70. The average Bonchev–Trinajstić information content (AvgIpc) is 2.46. The maximum Gasteiger partial charge on any atom is 0.258 e. The third-order valence-electron chi connectivity index (χ3n) is 2.85. The summed E-state index contributed by atoms with van der Waals surface area (Å²) >= 11 is 5.70. The van der Waals surface area contributed by atoms with E-state index in [2.05, 4.69) is 0 Å². The Hall–Kier alpha value is -1.13. The predicted molar refractivity (Wildman–Crippen MR) is 57.6 cm³/mol. The highest BCUT2D eigenvalue weighted by Crippen LogP contribution is 2.34. The maximum atomic E-state index is 13.2. The second kappa shape index (κ2) is 3.71.